The summed E-state index contributed by atoms with van der Waals surface area (Å²) in [5, 5.41) is 8.86. The Morgan fingerprint density at radius 2 is 1.91 bits per heavy atom. The van der Waals surface area contributed by atoms with Crippen LogP contribution in [0.25, 0.3) is 10.7 Å². The quantitative estimate of drug-likeness (QED) is 0.545. The van der Waals surface area contributed by atoms with Gasteiger partial charge in [0, 0.05) is 26.2 Å². The van der Waals surface area contributed by atoms with E-state index in [1.807, 2.05) is 17.5 Å². The van der Waals surface area contributed by atoms with Gasteiger partial charge >= 0.3 is 0 Å². The van der Waals surface area contributed by atoms with Gasteiger partial charge in [-0.2, -0.15) is 9.40 Å². The van der Waals surface area contributed by atoms with E-state index in [0.29, 0.717) is 16.7 Å². The average Bonchev–Trinajstić information content (AvgIpc) is 3.44. The third kappa shape index (κ3) is 4.12. The fourth-order valence-electron chi connectivity index (χ4n) is 3.55. The van der Waals surface area contributed by atoms with E-state index in [4.69, 9.17) is 12.2 Å². The van der Waals surface area contributed by atoms with Crippen LogP contribution in [0.4, 0.5) is 8.78 Å². The number of amides is 1. The van der Waals surface area contributed by atoms with E-state index in [1.54, 1.807) is 16.4 Å². The van der Waals surface area contributed by atoms with Crippen molar-refractivity contribution in [2.75, 3.05) is 26.2 Å². The summed E-state index contributed by atoms with van der Waals surface area (Å²) in [5.41, 5.74) is 0. The molecule has 1 N–H and O–H groups in total. The zero-order valence-electron chi connectivity index (χ0n) is 16.9. The second-order valence-corrected chi connectivity index (χ2v) is 10.5. The zero-order chi connectivity index (χ0) is 23.0. The Morgan fingerprint density at radius 3 is 2.53 bits per heavy atom. The van der Waals surface area contributed by atoms with Crippen LogP contribution in [0.15, 0.2) is 40.6 Å². The lowest BCUT2D eigenvalue weighted by molar-refractivity contribution is -0.135. The van der Waals surface area contributed by atoms with Crippen molar-refractivity contribution in [1.82, 2.24) is 24.0 Å². The van der Waals surface area contributed by atoms with Crippen LogP contribution < -0.4 is 0 Å². The molecule has 0 radical (unpaired) electrons. The van der Waals surface area contributed by atoms with Crippen molar-refractivity contribution in [3.05, 3.63) is 52.1 Å². The maximum atomic E-state index is 13.5. The third-order valence-electron chi connectivity index (χ3n) is 5.27. The molecule has 3 aromatic rings. The highest BCUT2D eigenvalue weighted by atomic mass is 32.2. The predicted octanol–water partition coefficient (Wildman–Crippen LogP) is 3.04. The number of thiophene rings is 1. The summed E-state index contributed by atoms with van der Waals surface area (Å²) >= 11 is 6.79. The molecular weight excluding hydrogens is 480 g/mol. The first-order valence-electron chi connectivity index (χ1n) is 9.65. The van der Waals surface area contributed by atoms with E-state index in [2.05, 4.69) is 10.2 Å². The van der Waals surface area contributed by atoms with Crippen LogP contribution in [0.1, 0.15) is 13.0 Å². The lowest BCUT2D eigenvalue weighted by Gasteiger charge is -2.35. The van der Waals surface area contributed by atoms with Crippen molar-refractivity contribution in [1.29, 1.82) is 0 Å². The zero-order valence-corrected chi connectivity index (χ0v) is 19.3. The molecule has 2 aromatic heterocycles. The minimum atomic E-state index is -4.00. The molecule has 1 atom stereocenters. The lowest BCUT2D eigenvalue weighted by atomic mass is 10.2. The molecular formula is C19H19F2N5O3S3. The van der Waals surface area contributed by atoms with E-state index < -0.39 is 27.7 Å². The molecule has 1 fully saturated rings. The van der Waals surface area contributed by atoms with E-state index in [9.17, 15) is 22.0 Å². The SMILES string of the molecule is CC(C(=O)N1CCN(S(=O)(=O)c2ccc(F)c(F)c2)CC1)n1c(-c2cccs2)n[nH]c1=S. The summed E-state index contributed by atoms with van der Waals surface area (Å²) in [5.74, 6) is -2.00. The van der Waals surface area contributed by atoms with Crippen LogP contribution in [-0.2, 0) is 14.8 Å². The number of rotatable bonds is 5. The number of benzene rings is 1. The summed E-state index contributed by atoms with van der Waals surface area (Å²) in [4.78, 5) is 15.2. The Bertz CT molecular complexity index is 1300. The first-order valence-corrected chi connectivity index (χ1v) is 12.4. The molecule has 0 aliphatic carbocycles. The number of aromatic amines is 1. The van der Waals surface area contributed by atoms with Crippen LogP contribution in [0, 0.1) is 16.4 Å². The van der Waals surface area contributed by atoms with Gasteiger partial charge in [-0.15, -0.1) is 11.3 Å². The standard InChI is InChI=1S/C19H19F2N5O3S3/c1-12(26-17(22-23-19(26)30)16-3-2-10-31-16)18(27)24-6-8-25(9-7-24)32(28,29)13-4-5-14(20)15(21)11-13/h2-5,10-12H,6-9H2,1H3,(H,23,30). The molecule has 4 rings (SSSR count). The Labute approximate surface area is 192 Å². The van der Waals surface area contributed by atoms with Crippen LogP contribution in [0.5, 0.6) is 0 Å². The number of nitrogens with zero attached hydrogens (tertiary/aromatic N) is 4. The summed E-state index contributed by atoms with van der Waals surface area (Å²) in [7, 11) is -4.00. The first kappa shape index (κ1) is 22.7. The molecule has 1 saturated heterocycles. The maximum Gasteiger partial charge on any atom is 0.245 e. The van der Waals surface area contributed by atoms with Gasteiger partial charge in [-0.3, -0.25) is 14.5 Å². The Balaban J connectivity index is 1.48. The highest BCUT2D eigenvalue weighted by molar-refractivity contribution is 7.89. The second-order valence-electron chi connectivity index (χ2n) is 7.18. The molecule has 1 amide bonds. The molecule has 3 heterocycles. The summed E-state index contributed by atoms with van der Waals surface area (Å²) < 4.78 is 55.3. The molecule has 1 aliphatic heterocycles. The number of piperazine rings is 1. The van der Waals surface area contributed by atoms with Crippen molar-refractivity contribution in [3.63, 3.8) is 0 Å². The Hall–Kier alpha value is -2.48. The Morgan fingerprint density at radius 1 is 1.19 bits per heavy atom. The number of halogens is 2. The topological polar surface area (TPSA) is 91.3 Å². The van der Waals surface area contributed by atoms with Gasteiger partial charge in [-0.1, -0.05) is 6.07 Å². The molecule has 0 spiro atoms. The lowest BCUT2D eigenvalue weighted by Crippen LogP contribution is -2.51. The van der Waals surface area contributed by atoms with E-state index >= 15 is 0 Å². The molecule has 8 nitrogen and oxygen atoms in total. The highest BCUT2D eigenvalue weighted by Crippen LogP contribution is 2.27. The van der Waals surface area contributed by atoms with Crippen molar-refractivity contribution in [3.8, 4) is 10.7 Å². The molecule has 0 saturated carbocycles. The fourth-order valence-corrected chi connectivity index (χ4v) is 5.99. The molecule has 1 unspecified atom stereocenters. The van der Waals surface area contributed by atoms with Crippen LogP contribution in [0.3, 0.4) is 0 Å². The fraction of sp³-hybridized carbons (Fsp3) is 0.316. The van der Waals surface area contributed by atoms with E-state index in [0.717, 1.165) is 21.3 Å². The van der Waals surface area contributed by atoms with E-state index in [1.165, 1.54) is 11.3 Å². The average molecular weight is 500 g/mol. The molecule has 0 bridgehead atoms. The van der Waals surface area contributed by atoms with Gasteiger partial charge in [0.25, 0.3) is 0 Å². The smallest absolute Gasteiger partial charge is 0.245 e. The van der Waals surface area contributed by atoms with Gasteiger partial charge in [-0.25, -0.2) is 17.2 Å². The molecule has 13 heteroatoms. The van der Waals surface area contributed by atoms with Crippen LogP contribution in [0.2, 0.25) is 0 Å². The number of aromatic nitrogens is 3. The monoisotopic (exact) mass is 499 g/mol. The number of H-pyrrole nitrogens is 1. The number of carbonyl (C=O) groups is 1. The molecule has 32 heavy (non-hydrogen) atoms. The van der Waals surface area contributed by atoms with Gasteiger partial charge in [0.1, 0.15) is 6.04 Å². The number of carbonyl (C=O) groups excluding carboxylic acids is 1. The number of sulfonamides is 1. The third-order valence-corrected chi connectivity index (χ3v) is 8.32. The minimum Gasteiger partial charge on any atom is -0.338 e. The number of hydrogen-bond acceptors (Lipinski definition) is 6. The first-order chi connectivity index (χ1) is 15.2. The van der Waals surface area contributed by atoms with Gasteiger partial charge < -0.3 is 4.90 Å². The van der Waals surface area contributed by atoms with Gasteiger partial charge in [-0.05, 0) is 48.8 Å². The van der Waals surface area contributed by atoms with Crippen molar-refractivity contribution < 1.29 is 22.0 Å². The maximum absolute atomic E-state index is 13.5. The molecule has 1 aromatic carbocycles. The number of nitrogens with one attached hydrogen (secondary N) is 1. The summed E-state index contributed by atoms with van der Waals surface area (Å²) in [6.45, 7) is 2.11. The summed E-state index contributed by atoms with van der Waals surface area (Å²) in [6, 6.07) is 5.58. The van der Waals surface area contributed by atoms with Crippen LogP contribution >= 0.6 is 23.6 Å². The minimum absolute atomic E-state index is 0.0361. The molecule has 170 valence electrons. The number of hydrogen-bond donors (Lipinski definition) is 1. The van der Waals surface area contributed by atoms with Gasteiger partial charge in [0.2, 0.25) is 15.9 Å². The predicted molar refractivity (Wildman–Crippen MR) is 117 cm³/mol. The van der Waals surface area contributed by atoms with Crippen molar-refractivity contribution in [2.45, 2.75) is 17.9 Å². The normalized spacial score (nSPS) is 16.3. The van der Waals surface area contributed by atoms with E-state index in [-0.39, 0.29) is 37.0 Å². The summed E-state index contributed by atoms with van der Waals surface area (Å²) in [6.07, 6.45) is 0. The molecule has 1 aliphatic rings. The van der Waals surface area contributed by atoms with Crippen molar-refractivity contribution in [2.24, 2.45) is 0 Å². The largest absolute Gasteiger partial charge is 0.338 e. The second kappa shape index (κ2) is 8.81. The van der Waals surface area contributed by atoms with Crippen LogP contribution in [-0.4, -0.2) is 64.5 Å². The van der Waals surface area contributed by atoms with Gasteiger partial charge in [0.15, 0.2) is 22.2 Å². The highest BCUT2D eigenvalue weighted by Gasteiger charge is 2.33. The van der Waals surface area contributed by atoms with Gasteiger partial charge in [0.05, 0.1) is 9.77 Å². The Kier molecular flexibility index (Phi) is 6.25. The van der Waals surface area contributed by atoms with Crippen molar-refractivity contribution >= 4 is 39.5 Å².